The first-order chi connectivity index (χ1) is 9.95. The molecule has 7 heteroatoms. The molecule has 0 unspecified atom stereocenters. The van der Waals surface area contributed by atoms with E-state index in [0.717, 1.165) is 17.0 Å². The van der Waals surface area contributed by atoms with Crippen molar-refractivity contribution >= 4 is 17.3 Å². The van der Waals surface area contributed by atoms with Crippen LogP contribution in [0.25, 0.3) is 0 Å². The van der Waals surface area contributed by atoms with Gasteiger partial charge in [0.05, 0.1) is 16.9 Å². The predicted octanol–water partition coefficient (Wildman–Crippen LogP) is 1.49. The summed E-state index contributed by atoms with van der Waals surface area (Å²) in [5, 5.41) is 11.6. The van der Waals surface area contributed by atoms with Gasteiger partial charge in [0.2, 0.25) is 0 Å². The number of aromatic nitrogens is 4. The molecule has 0 radical (unpaired) electrons. The van der Waals surface area contributed by atoms with Crippen LogP contribution in [-0.4, -0.2) is 19.6 Å². The van der Waals surface area contributed by atoms with Crippen LogP contribution in [0.2, 0.25) is 5.02 Å². The lowest BCUT2D eigenvalue weighted by Crippen LogP contribution is -2.25. The van der Waals surface area contributed by atoms with E-state index in [4.69, 9.17) is 18.0 Å². The molecule has 0 atom stereocenters. The van der Waals surface area contributed by atoms with Crippen molar-refractivity contribution in [1.29, 1.82) is 0 Å². The first kappa shape index (κ1) is 15.1. The largest absolute Gasteiger partial charge is 0.375 e. The number of nitrogens with one attached hydrogen (secondary N) is 1. The van der Waals surface area contributed by atoms with E-state index in [-0.39, 0.29) is 17.1 Å². The molecular weight excluding hydrogens is 290 g/mol. The normalized spacial score (nSPS) is 10.4. The van der Waals surface area contributed by atoms with E-state index < -0.39 is 0 Å². The number of terminal acetylenes is 1. The molecule has 0 fully saturated rings. The molecule has 0 spiro atoms. The Morgan fingerprint density at radius 3 is 2.76 bits per heavy atom. The van der Waals surface area contributed by atoms with Crippen molar-refractivity contribution in [2.75, 3.05) is 5.32 Å². The lowest BCUT2D eigenvalue weighted by molar-refractivity contribution is 0.664. The Bertz CT molecular complexity index is 769. The Morgan fingerprint density at radius 2 is 2.19 bits per heavy atom. The van der Waals surface area contributed by atoms with E-state index in [1.54, 1.807) is 4.68 Å². The summed E-state index contributed by atoms with van der Waals surface area (Å²) in [5.74, 6) is 2.38. The van der Waals surface area contributed by atoms with Crippen LogP contribution >= 0.6 is 11.6 Å². The van der Waals surface area contributed by atoms with Crippen LogP contribution in [0.1, 0.15) is 17.0 Å². The summed E-state index contributed by atoms with van der Waals surface area (Å²) in [5.41, 5.74) is 2.95. The minimum Gasteiger partial charge on any atom is -0.375 e. The molecule has 110 valence electrons. The lowest BCUT2D eigenvalue weighted by Gasteiger charge is -2.09. The number of aryl methyl sites for hydroxylation is 2. The Labute approximate surface area is 127 Å². The van der Waals surface area contributed by atoms with Gasteiger partial charge in [-0.15, -0.1) is 6.42 Å². The van der Waals surface area contributed by atoms with E-state index >= 15 is 0 Å². The molecule has 0 saturated heterocycles. The summed E-state index contributed by atoms with van der Waals surface area (Å²) < 4.78 is 2.99. The smallest absolute Gasteiger partial charge is 0.292 e. The zero-order valence-corrected chi connectivity index (χ0v) is 12.9. The van der Waals surface area contributed by atoms with Crippen molar-refractivity contribution in [2.24, 2.45) is 7.05 Å². The maximum absolute atomic E-state index is 12.2. The molecule has 0 aliphatic carbocycles. The van der Waals surface area contributed by atoms with Crippen LogP contribution in [0, 0.1) is 26.2 Å². The molecule has 0 amide bonds. The van der Waals surface area contributed by atoms with Crippen LogP contribution in [0.3, 0.4) is 0 Å². The van der Waals surface area contributed by atoms with Gasteiger partial charge in [-0.2, -0.15) is 10.2 Å². The van der Waals surface area contributed by atoms with Crippen LogP contribution in [0.15, 0.2) is 11.0 Å². The fourth-order valence-corrected chi connectivity index (χ4v) is 2.27. The molecule has 21 heavy (non-hydrogen) atoms. The molecule has 2 rings (SSSR count). The van der Waals surface area contributed by atoms with Crippen LogP contribution in [0.4, 0.5) is 5.69 Å². The molecule has 0 bridgehead atoms. The Balaban J connectivity index is 2.30. The van der Waals surface area contributed by atoms with Crippen molar-refractivity contribution in [1.82, 2.24) is 19.6 Å². The number of rotatable bonds is 4. The first-order valence-electron chi connectivity index (χ1n) is 6.37. The molecule has 2 aromatic heterocycles. The third-order valence-electron chi connectivity index (χ3n) is 3.34. The van der Waals surface area contributed by atoms with Gasteiger partial charge in [0.25, 0.3) is 5.56 Å². The van der Waals surface area contributed by atoms with Gasteiger partial charge < -0.3 is 5.32 Å². The van der Waals surface area contributed by atoms with Gasteiger partial charge in [-0.25, -0.2) is 4.68 Å². The van der Waals surface area contributed by atoms with Crippen LogP contribution in [-0.2, 0) is 20.1 Å². The molecule has 1 N–H and O–H groups in total. The van der Waals surface area contributed by atoms with Crippen molar-refractivity contribution in [3.8, 4) is 12.3 Å². The van der Waals surface area contributed by atoms with Crippen molar-refractivity contribution in [2.45, 2.75) is 26.9 Å². The minimum absolute atomic E-state index is 0.107. The van der Waals surface area contributed by atoms with Crippen molar-refractivity contribution in [3.63, 3.8) is 0 Å². The highest BCUT2D eigenvalue weighted by molar-refractivity contribution is 6.32. The van der Waals surface area contributed by atoms with Gasteiger partial charge in [-0.05, 0) is 13.8 Å². The number of nitrogens with zero attached hydrogens (tertiary/aromatic N) is 4. The molecule has 0 aromatic carbocycles. The van der Waals surface area contributed by atoms with Crippen LogP contribution in [0.5, 0.6) is 0 Å². The summed E-state index contributed by atoms with van der Waals surface area (Å²) in [6.07, 6.45) is 6.62. The predicted molar refractivity (Wildman–Crippen MR) is 82.3 cm³/mol. The maximum atomic E-state index is 12.2. The second kappa shape index (κ2) is 6.02. The topological polar surface area (TPSA) is 64.7 Å². The van der Waals surface area contributed by atoms with Crippen molar-refractivity contribution in [3.05, 3.63) is 38.5 Å². The first-order valence-corrected chi connectivity index (χ1v) is 6.75. The van der Waals surface area contributed by atoms with E-state index in [1.165, 1.54) is 10.9 Å². The van der Waals surface area contributed by atoms with Gasteiger partial charge in [0, 0.05) is 24.8 Å². The molecule has 0 saturated carbocycles. The summed E-state index contributed by atoms with van der Waals surface area (Å²) in [6.45, 7) is 4.47. The summed E-state index contributed by atoms with van der Waals surface area (Å²) in [4.78, 5) is 12.2. The molecular formula is C14H16ClN5O. The second-order valence-corrected chi connectivity index (χ2v) is 5.07. The highest BCUT2D eigenvalue weighted by Crippen LogP contribution is 2.18. The second-order valence-electron chi connectivity index (χ2n) is 4.66. The molecule has 0 aliphatic rings. The van der Waals surface area contributed by atoms with E-state index in [2.05, 4.69) is 21.4 Å². The molecule has 0 aliphatic heterocycles. The van der Waals surface area contributed by atoms with Gasteiger partial charge in [-0.3, -0.25) is 9.48 Å². The molecule has 2 aromatic rings. The Hall–Kier alpha value is -2.26. The third-order valence-corrected chi connectivity index (χ3v) is 3.63. The Morgan fingerprint density at radius 1 is 1.48 bits per heavy atom. The number of hydrogen-bond acceptors (Lipinski definition) is 4. The fraction of sp³-hybridized carbons (Fsp3) is 0.357. The van der Waals surface area contributed by atoms with E-state index in [9.17, 15) is 4.79 Å². The fourth-order valence-electron chi connectivity index (χ4n) is 2.08. The highest BCUT2D eigenvalue weighted by atomic mass is 35.5. The summed E-state index contributed by atoms with van der Waals surface area (Å²) >= 11 is 6.04. The monoisotopic (exact) mass is 305 g/mol. The molecule has 2 heterocycles. The maximum Gasteiger partial charge on any atom is 0.292 e. The van der Waals surface area contributed by atoms with Crippen molar-refractivity contribution < 1.29 is 0 Å². The highest BCUT2D eigenvalue weighted by Gasteiger charge is 2.13. The summed E-state index contributed by atoms with van der Waals surface area (Å²) in [6, 6.07) is 0. The minimum atomic E-state index is -0.334. The van der Waals surface area contributed by atoms with Gasteiger partial charge in [-0.1, -0.05) is 17.5 Å². The van der Waals surface area contributed by atoms with E-state index in [0.29, 0.717) is 12.2 Å². The number of hydrogen-bond donors (Lipinski definition) is 1. The van der Waals surface area contributed by atoms with Gasteiger partial charge >= 0.3 is 0 Å². The molecule has 6 nitrogen and oxygen atoms in total. The van der Waals surface area contributed by atoms with Crippen LogP contribution < -0.4 is 10.9 Å². The average Bonchev–Trinajstić information content (AvgIpc) is 2.68. The summed E-state index contributed by atoms with van der Waals surface area (Å²) in [7, 11) is 1.88. The van der Waals surface area contributed by atoms with Gasteiger partial charge in [0.15, 0.2) is 0 Å². The average molecular weight is 306 g/mol. The number of halogens is 1. The van der Waals surface area contributed by atoms with E-state index in [1.807, 2.05) is 20.9 Å². The number of anilines is 1. The zero-order valence-electron chi connectivity index (χ0n) is 12.1. The SMILES string of the molecule is C#CCn1ncc(Cl)c(NCc2c(C)nn(C)c2C)c1=O. The lowest BCUT2D eigenvalue weighted by atomic mass is 10.2. The zero-order chi connectivity index (χ0) is 15.6. The standard InChI is InChI=1S/C14H16ClN5O/c1-5-6-20-14(21)13(12(15)8-17-20)16-7-11-9(2)18-19(4)10(11)3/h1,8,16H,6-7H2,2-4H3. The quantitative estimate of drug-likeness (QED) is 0.869. The third kappa shape index (κ3) is 2.93. The van der Waals surface area contributed by atoms with Gasteiger partial charge in [0.1, 0.15) is 12.2 Å². The Kier molecular flexibility index (Phi) is 4.34.